The molecule has 0 saturated carbocycles. The number of ether oxygens (including phenoxy) is 2. The summed E-state index contributed by atoms with van der Waals surface area (Å²) < 4.78 is 45.6. The molecule has 0 aliphatic heterocycles. The number of esters is 1. The van der Waals surface area contributed by atoms with Gasteiger partial charge in [0, 0.05) is 4.88 Å². The molecule has 0 spiro atoms. The minimum atomic E-state index is -4.71. The number of thiophene rings is 1. The maximum atomic E-state index is 12.2. The Kier molecular flexibility index (Phi) is 5.52. The summed E-state index contributed by atoms with van der Waals surface area (Å²) in [5.74, 6) is -0.659. The first-order chi connectivity index (χ1) is 12.8. The van der Waals surface area contributed by atoms with Gasteiger partial charge in [-0.3, -0.25) is 0 Å². The monoisotopic (exact) mass is 413 g/mol. The van der Waals surface area contributed by atoms with Gasteiger partial charge in [-0.2, -0.15) is 0 Å². The van der Waals surface area contributed by atoms with Gasteiger partial charge in [0.1, 0.15) is 15.6 Å². The maximum Gasteiger partial charge on any atom is 0.573 e. The van der Waals surface area contributed by atoms with Crippen molar-refractivity contribution in [1.82, 2.24) is 4.98 Å². The molecule has 0 atom stereocenters. The molecule has 0 radical (unpaired) electrons. The molecule has 1 aromatic carbocycles. The van der Waals surface area contributed by atoms with E-state index in [-0.39, 0.29) is 5.75 Å². The highest BCUT2D eigenvalue weighted by Gasteiger charge is 2.31. The smallest absolute Gasteiger partial charge is 0.462 e. The van der Waals surface area contributed by atoms with Crippen molar-refractivity contribution in [2.45, 2.75) is 20.2 Å². The lowest BCUT2D eigenvalue weighted by atomic mass is 10.2. The van der Waals surface area contributed by atoms with Gasteiger partial charge in [-0.05, 0) is 55.8 Å². The number of halogens is 3. The van der Waals surface area contributed by atoms with Crippen molar-refractivity contribution >= 4 is 28.6 Å². The molecule has 142 valence electrons. The third kappa shape index (κ3) is 4.67. The molecule has 0 fully saturated rings. The molecule has 0 amide bonds. The highest BCUT2D eigenvalue weighted by atomic mass is 32.1. The van der Waals surface area contributed by atoms with Gasteiger partial charge in [0.15, 0.2) is 0 Å². The van der Waals surface area contributed by atoms with Gasteiger partial charge in [-0.25, -0.2) is 9.78 Å². The molecule has 27 heavy (non-hydrogen) atoms. The summed E-state index contributed by atoms with van der Waals surface area (Å²) in [4.78, 5) is 18.6. The van der Waals surface area contributed by atoms with Crippen LogP contribution in [-0.4, -0.2) is 23.9 Å². The van der Waals surface area contributed by atoms with Gasteiger partial charge in [-0.15, -0.1) is 35.8 Å². The molecule has 3 rings (SSSR count). The first kappa shape index (κ1) is 19.4. The Bertz CT molecular complexity index is 946. The third-order valence-electron chi connectivity index (χ3n) is 3.45. The van der Waals surface area contributed by atoms with E-state index in [1.54, 1.807) is 26.0 Å². The second-order valence-corrected chi connectivity index (χ2v) is 7.47. The second kappa shape index (κ2) is 7.69. The number of aryl methyl sites for hydroxylation is 1. The summed E-state index contributed by atoms with van der Waals surface area (Å²) in [6, 6.07) is 9.40. The normalized spacial score (nSPS) is 11.4. The molecule has 2 heterocycles. The van der Waals surface area contributed by atoms with Crippen LogP contribution >= 0.6 is 22.7 Å². The zero-order chi connectivity index (χ0) is 19.6. The van der Waals surface area contributed by atoms with Gasteiger partial charge in [0.05, 0.1) is 17.2 Å². The quantitative estimate of drug-likeness (QED) is 0.487. The number of carbonyl (C=O) groups excluding carboxylic acids is 1. The van der Waals surface area contributed by atoms with E-state index >= 15 is 0 Å². The van der Waals surface area contributed by atoms with Crippen LogP contribution in [0.5, 0.6) is 5.75 Å². The summed E-state index contributed by atoms with van der Waals surface area (Å²) in [7, 11) is 0. The van der Waals surface area contributed by atoms with E-state index in [0.29, 0.717) is 22.2 Å². The number of carbonyl (C=O) groups is 1. The van der Waals surface area contributed by atoms with Crippen molar-refractivity contribution in [3.8, 4) is 26.1 Å². The van der Waals surface area contributed by atoms with Gasteiger partial charge >= 0.3 is 12.3 Å². The lowest BCUT2D eigenvalue weighted by Gasteiger charge is -2.08. The van der Waals surface area contributed by atoms with Crippen LogP contribution in [0, 0.1) is 6.92 Å². The van der Waals surface area contributed by atoms with Gasteiger partial charge in [0.2, 0.25) is 0 Å². The van der Waals surface area contributed by atoms with E-state index in [0.717, 1.165) is 15.3 Å². The van der Waals surface area contributed by atoms with Crippen LogP contribution in [0.4, 0.5) is 13.2 Å². The summed E-state index contributed by atoms with van der Waals surface area (Å²) in [6.07, 6.45) is -4.71. The van der Waals surface area contributed by atoms with E-state index < -0.39 is 12.3 Å². The average Bonchev–Trinajstić information content (AvgIpc) is 3.21. The summed E-state index contributed by atoms with van der Waals surface area (Å²) >= 11 is 2.70. The van der Waals surface area contributed by atoms with Crippen LogP contribution in [0.3, 0.4) is 0 Å². The Morgan fingerprint density at radius 1 is 1.07 bits per heavy atom. The molecule has 2 aromatic heterocycles. The van der Waals surface area contributed by atoms with Crippen molar-refractivity contribution in [3.05, 3.63) is 47.0 Å². The average molecular weight is 413 g/mol. The predicted molar refractivity (Wildman–Crippen MR) is 98.2 cm³/mol. The third-order valence-corrected chi connectivity index (χ3v) is 5.89. The number of alkyl halides is 3. The molecule has 0 saturated heterocycles. The van der Waals surface area contributed by atoms with E-state index in [1.807, 2.05) is 12.1 Å². The molecule has 0 unspecified atom stereocenters. The molecule has 4 nitrogen and oxygen atoms in total. The predicted octanol–water partition coefficient (Wildman–Crippen LogP) is 5.92. The van der Waals surface area contributed by atoms with Crippen molar-refractivity contribution in [1.29, 1.82) is 0 Å². The fourth-order valence-corrected chi connectivity index (χ4v) is 4.34. The number of thiazole rings is 1. The van der Waals surface area contributed by atoms with E-state index in [1.165, 1.54) is 34.8 Å². The molecular weight excluding hydrogens is 399 g/mol. The van der Waals surface area contributed by atoms with Crippen LogP contribution in [0.25, 0.3) is 20.3 Å². The van der Waals surface area contributed by atoms with Crippen molar-refractivity contribution in [2.75, 3.05) is 6.61 Å². The van der Waals surface area contributed by atoms with E-state index in [9.17, 15) is 18.0 Å². The van der Waals surface area contributed by atoms with Gasteiger partial charge < -0.3 is 9.47 Å². The first-order valence-corrected chi connectivity index (χ1v) is 9.51. The van der Waals surface area contributed by atoms with Crippen LogP contribution in [0.2, 0.25) is 0 Å². The highest BCUT2D eigenvalue weighted by molar-refractivity contribution is 7.24. The lowest BCUT2D eigenvalue weighted by molar-refractivity contribution is -0.274. The molecule has 0 aliphatic rings. The van der Waals surface area contributed by atoms with Crippen molar-refractivity contribution < 1.29 is 27.4 Å². The fourth-order valence-electron chi connectivity index (χ4n) is 2.32. The first-order valence-electron chi connectivity index (χ1n) is 7.87. The fraction of sp³-hybridized carbons (Fsp3) is 0.222. The molecular formula is C18H14F3NO3S2. The van der Waals surface area contributed by atoms with Crippen LogP contribution in [0.15, 0.2) is 36.4 Å². The van der Waals surface area contributed by atoms with Gasteiger partial charge in [-0.1, -0.05) is 0 Å². The Hall–Kier alpha value is -2.39. The largest absolute Gasteiger partial charge is 0.573 e. The van der Waals surface area contributed by atoms with Crippen LogP contribution in [0.1, 0.15) is 22.3 Å². The van der Waals surface area contributed by atoms with Gasteiger partial charge in [0.25, 0.3) is 0 Å². The summed E-state index contributed by atoms with van der Waals surface area (Å²) in [5, 5.41) is 0.698. The number of nitrogens with zero attached hydrogens (tertiary/aromatic N) is 1. The minimum absolute atomic E-state index is 0.266. The number of hydrogen-bond donors (Lipinski definition) is 0. The van der Waals surface area contributed by atoms with Crippen molar-refractivity contribution in [2.24, 2.45) is 0 Å². The maximum absolute atomic E-state index is 12.2. The molecule has 0 N–H and O–H groups in total. The Morgan fingerprint density at radius 2 is 1.74 bits per heavy atom. The van der Waals surface area contributed by atoms with Crippen molar-refractivity contribution in [3.63, 3.8) is 0 Å². The topological polar surface area (TPSA) is 48.4 Å². The van der Waals surface area contributed by atoms with E-state index in [4.69, 9.17) is 4.74 Å². The zero-order valence-corrected chi connectivity index (χ0v) is 15.9. The van der Waals surface area contributed by atoms with E-state index in [2.05, 4.69) is 9.72 Å². The molecule has 0 aliphatic carbocycles. The second-order valence-electron chi connectivity index (χ2n) is 5.39. The number of rotatable bonds is 5. The molecule has 0 bridgehead atoms. The Balaban J connectivity index is 1.81. The Labute approximate surface area is 161 Å². The standard InChI is InChI=1S/C18H14F3NO3S2/c1-3-24-17(23)15-10(2)22-16(27-15)14-9-8-13(26-14)11-4-6-12(7-5-11)25-18(19,20)21/h4-9H,3H2,1-2H3. The zero-order valence-electron chi connectivity index (χ0n) is 14.3. The summed E-state index contributed by atoms with van der Waals surface area (Å²) in [5.41, 5.74) is 1.37. The lowest BCUT2D eigenvalue weighted by Crippen LogP contribution is -2.16. The van der Waals surface area contributed by atoms with Crippen LogP contribution in [-0.2, 0) is 4.74 Å². The SMILES string of the molecule is CCOC(=O)c1sc(-c2ccc(-c3ccc(OC(F)(F)F)cc3)s2)nc1C. The molecule has 3 aromatic rings. The Morgan fingerprint density at radius 3 is 2.37 bits per heavy atom. The minimum Gasteiger partial charge on any atom is -0.462 e. The highest BCUT2D eigenvalue weighted by Crippen LogP contribution is 2.38. The number of aromatic nitrogens is 1. The number of benzene rings is 1. The number of hydrogen-bond acceptors (Lipinski definition) is 6. The van der Waals surface area contributed by atoms with Crippen LogP contribution < -0.4 is 4.74 Å². The summed E-state index contributed by atoms with van der Waals surface area (Å²) in [6.45, 7) is 3.79. The molecule has 9 heteroatoms.